The number of alkyl halides is 3. The van der Waals surface area contributed by atoms with Crippen molar-refractivity contribution in [2.75, 3.05) is 35.3 Å². The summed E-state index contributed by atoms with van der Waals surface area (Å²) in [7, 11) is -3.39. The van der Waals surface area contributed by atoms with E-state index in [1.807, 2.05) is 0 Å². The first kappa shape index (κ1) is 24.2. The zero-order chi connectivity index (χ0) is 24.5. The minimum atomic E-state index is -4.67. The number of sulfonamides is 1. The van der Waals surface area contributed by atoms with E-state index >= 15 is 0 Å². The highest BCUT2D eigenvalue weighted by Crippen LogP contribution is 2.35. The van der Waals surface area contributed by atoms with Crippen molar-refractivity contribution in [1.82, 2.24) is 14.3 Å². The van der Waals surface area contributed by atoms with Crippen LogP contribution < -0.4 is 16.0 Å². The summed E-state index contributed by atoms with van der Waals surface area (Å²) >= 11 is 0. The summed E-state index contributed by atoms with van der Waals surface area (Å²) in [5.74, 6) is -0.627. The third kappa shape index (κ3) is 5.41. The fourth-order valence-corrected chi connectivity index (χ4v) is 5.54. The Morgan fingerprint density at radius 3 is 2.79 bits per heavy atom. The number of benzene rings is 1. The van der Waals surface area contributed by atoms with Gasteiger partial charge < -0.3 is 16.0 Å². The molecular weight excluding hydrogens is 473 g/mol. The summed E-state index contributed by atoms with van der Waals surface area (Å²) < 4.78 is 66.2. The van der Waals surface area contributed by atoms with Crippen molar-refractivity contribution in [1.29, 1.82) is 0 Å². The van der Waals surface area contributed by atoms with Gasteiger partial charge in [-0.1, -0.05) is 12.5 Å². The summed E-state index contributed by atoms with van der Waals surface area (Å²) in [5, 5.41) is 8.34. The van der Waals surface area contributed by atoms with Gasteiger partial charge in [-0.3, -0.25) is 4.79 Å². The van der Waals surface area contributed by atoms with Crippen LogP contribution in [-0.2, 0) is 27.4 Å². The molecule has 13 heteroatoms. The molecule has 0 spiro atoms. The van der Waals surface area contributed by atoms with E-state index in [-0.39, 0.29) is 30.9 Å². The highest BCUT2D eigenvalue weighted by atomic mass is 32.2. The van der Waals surface area contributed by atoms with Gasteiger partial charge >= 0.3 is 6.18 Å². The topological polar surface area (TPSA) is 116 Å². The average Bonchev–Trinajstić information content (AvgIpc) is 3.14. The maximum atomic E-state index is 13.6. The number of amides is 1. The van der Waals surface area contributed by atoms with E-state index in [4.69, 9.17) is 0 Å². The number of nitrogens with one attached hydrogen (secondary N) is 3. The fraction of sp³-hybridized carbons (Fsp3) is 0.476. The summed E-state index contributed by atoms with van der Waals surface area (Å²) in [6.07, 6.45) is -0.0526. The second kappa shape index (κ2) is 9.37. The van der Waals surface area contributed by atoms with Gasteiger partial charge in [0.25, 0.3) is 0 Å². The number of carbonyl (C=O) groups excluding carboxylic acids is 1. The highest BCUT2D eigenvalue weighted by Gasteiger charge is 2.36. The van der Waals surface area contributed by atoms with Crippen LogP contribution in [0, 0.1) is 0 Å². The summed E-state index contributed by atoms with van der Waals surface area (Å²) in [6, 6.07) is 4.85. The molecule has 1 fully saturated rings. The first-order chi connectivity index (χ1) is 16.0. The molecule has 2 aromatic rings. The Bertz CT molecular complexity index is 1190. The molecule has 1 aromatic heterocycles. The van der Waals surface area contributed by atoms with Crippen molar-refractivity contribution < 1.29 is 26.4 Å². The zero-order valence-electron chi connectivity index (χ0n) is 18.4. The van der Waals surface area contributed by atoms with Crippen LogP contribution in [0.3, 0.4) is 0 Å². The summed E-state index contributed by atoms with van der Waals surface area (Å²) in [6.45, 7) is 0.521. The van der Waals surface area contributed by atoms with Crippen LogP contribution in [0.25, 0.3) is 0 Å². The molecule has 184 valence electrons. The smallest absolute Gasteiger partial charge is 0.369 e. The Labute approximate surface area is 195 Å². The standard InChI is InChI=1S/C21H25F3N6O3S/c1-34(32,33)30-10-3-2-5-13(30)8-9-25-19-15(21(22,23)24)12-26-20(29-19)28-17-7-4-6-16-14(17)11-18(31)27-16/h4,6-7,12-13H,2-3,5,8-11H2,1H3,(H,27,31)(H2,25,26,28,29). The van der Waals surface area contributed by atoms with Gasteiger partial charge in [-0.25, -0.2) is 13.4 Å². The molecule has 0 radical (unpaired) electrons. The number of fused-ring (bicyclic) bond motifs is 1. The van der Waals surface area contributed by atoms with Gasteiger partial charge in [-0.05, 0) is 31.4 Å². The molecule has 1 unspecified atom stereocenters. The molecule has 1 aromatic carbocycles. The van der Waals surface area contributed by atoms with Gasteiger partial charge in [-0.2, -0.15) is 22.5 Å². The Morgan fingerprint density at radius 1 is 1.26 bits per heavy atom. The molecule has 3 heterocycles. The van der Waals surface area contributed by atoms with Crippen molar-refractivity contribution in [3.05, 3.63) is 35.5 Å². The number of aromatic nitrogens is 2. The SMILES string of the molecule is CS(=O)(=O)N1CCCCC1CCNc1nc(Nc2cccc3c2CC(=O)N3)ncc1C(F)(F)F. The molecule has 4 rings (SSSR count). The zero-order valence-corrected chi connectivity index (χ0v) is 19.3. The molecule has 9 nitrogen and oxygen atoms in total. The van der Waals surface area contributed by atoms with Crippen molar-refractivity contribution in [2.45, 2.75) is 44.3 Å². The van der Waals surface area contributed by atoms with E-state index in [0.29, 0.717) is 42.5 Å². The molecule has 34 heavy (non-hydrogen) atoms. The van der Waals surface area contributed by atoms with Crippen molar-refractivity contribution in [2.24, 2.45) is 0 Å². The molecule has 0 bridgehead atoms. The van der Waals surface area contributed by atoms with E-state index in [2.05, 4.69) is 25.9 Å². The van der Waals surface area contributed by atoms with E-state index < -0.39 is 27.6 Å². The van der Waals surface area contributed by atoms with Crippen LogP contribution in [0.1, 0.15) is 36.8 Å². The molecule has 2 aliphatic heterocycles. The third-order valence-electron chi connectivity index (χ3n) is 5.90. The highest BCUT2D eigenvalue weighted by molar-refractivity contribution is 7.88. The maximum absolute atomic E-state index is 13.6. The van der Waals surface area contributed by atoms with E-state index in [0.717, 1.165) is 19.1 Å². The minimum absolute atomic E-state index is 0.0568. The summed E-state index contributed by atoms with van der Waals surface area (Å²) in [4.78, 5) is 19.6. The summed E-state index contributed by atoms with van der Waals surface area (Å²) in [5.41, 5.74) is 0.816. The molecular formula is C21H25F3N6O3S. The van der Waals surface area contributed by atoms with Crippen molar-refractivity contribution in [3.8, 4) is 0 Å². The molecule has 2 aliphatic rings. The van der Waals surface area contributed by atoms with Crippen LogP contribution in [-0.4, -0.2) is 54.0 Å². The average molecular weight is 499 g/mol. The number of hydrogen-bond acceptors (Lipinski definition) is 7. The largest absolute Gasteiger partial charge is 0.421 e. The lowest BCUT2D eigenvalue weighted by atomic mass is 10.0. The second-order valence-corrected chi connectivity index (χ2v) is 10.3. The lowest BCUT2D eigenvalue weighted by molar-refractivity contribution is -0.137. The molecule has 1 amide bonds. The maximum Gasteiger partial charge on any atom is 0.421 e. The first-order valence-electron chi connectivity index (χ1n) is 10.9. The number of nitrogens with zero attached hydrogens (tertiary/aromatic N) is 3. The number of halogens is 3. The quantitative estimate of drug-likeness (QED) is 0.536. The normalized spacial score (nSPS) is 18.9. The van der Waals surface area contributed by atoms with Crippen LogP contribution in [0.5, 0.6) is 0 Å². The minimum Gasteiger partial charge on any atom is -0.369 e. The molecule has 0 aliphatic carbocycles. The molecule has 3 N–H and O–H groups in total. The van der Waals surface area contributed by atoms with Crippen molar-refractivity contribution in [3.63, 3.8) is 0 Å². The third-order valence-corrected chi connectivity index (χ3v) is 7.23. The molecule has 0 saturated carbocycles. The number of rotatable bonds is 7. The van der Waals surface area contributed by atoms with E-state index in [9.17, 15) is 26.4 Å². The van der Waals surface area contributed by atoms with Gasteiger partial charge in [0.2, 0.25) is 21.9 Å². The number of piperidine rings is 1. The number of anilines is 4. The predicted molar refractivity (Wildman–Crippen MR) is 121 cm³/mol. The van der Waals surface area contributed by atoms with E-state index in [1.54, 1.807) is 18.2 Å². The van der Waals surface area contributed by atoms with E-state index in [1.165, 1.54) is 4.31 Å². The Hall–Kier alpha value is -2.93. The predicted octanol–water partition coefficient (Wildman–Crippen LogP) is 3.35. The van der Waals surface area contributed by atoms with Crippen LogP contribution in [0.15, 0.2) is 24.4 Å². The second-order valence-electron chi connectivity index (χ2n) is 8.37. The van der Waals surface area contributed by atoms with Gasteiger partial charge in [-0.15, -0.1) is 0 Å². The molecule has 1 saturated heterocycles. The lowest BCUT2D eigenvalue weighted by Crippen LogP contribution is -2.43. The van der Waals surface area contributed by atoms with Gasteiger partial charge in [0.1, 0.15) is 11.4 Å². The van der Waals surface area contributed by atoms with Gasteiger partial charge in [0.05, 0.1) is 12.7 Å². The van der Waals surface area contributed by atoms with Crippen LogP contribution in [0.2, 0.25) is 0 Å². The molecule has 1 atom stereocenters. The van der Waals surface area contributed by atoms with Crippen molar-refractivity contribution >= 4 is 39.1 Å². The lowest BCUT2D eigenvalue weighted by Gasteiger charge is -2.33. The number of carbonyl (C=O) groups is 1. The Kier molecular flexibility index (Phi) is 6.67. The van der Waals surface area contributed by atoms with Gasteiger partial charge in [0, 0.05) is 42.3 Å². The monoisotopic (exact) mass is 498 g/mol. The van der Waals surface area contributed by atoms with Crippen LogP contribution in [0.4, 0.5) is 36.3 Å². The number of hydrogen-bond donors (Lipinski definition) is 3. The van der Waals surface area contributed by atoms with Crippen LogP contribution >= 0.6 is 0 Å². The Morgan fingerprint density at radius 2 is 2.06 bits per heavy atom. The van der Waals surface area contributed by atoms with Gasteiger partial charge in [0.15, 0.2) is 0 Å². The fourth-order valence-electron chi connectivity index (χ4n) is 4.33. The Balaban J connectivity index is 1.52. The first-order valence-corrected chi connectivity index (χ1v) is 12.7.